The van der Waals surface area contributed by atoms with Crippen molar-refractivity contribution in [2.75, 3.05) is 34.0 Å². The highest BCUT2D eigenvalue weighted by atomic mass is 79.9. The molecule has 0 aliphatic carbocycles. The zero-order chi connectivity index (χ0) is 15.0. The van der Waals surface area contributed by atoms with Crippen LogP contribution < -0.4 is 10.1 Å². The van der Waals surface area contributed by atoms with Crippen molar-refractivity contribution in [2.24, 2.45) is 0 Å². The second kappa shape index (κ2) is 9.73. The zero-order valence-corrected chi connectivity index (χ0v) is 15.2. The maximum atomic E-state index is 5.56. The van der Waals surface area contributed by atoms with Crippen molar-refractivity contribution in [1.29, 1.82) is 0 Å². The van der Waals surface area contributed by atoms with Crippen LogP contribution in [0.3, 0.4) is 0 Å². The number of nitrogens with one attached hydrogen (secondary N) is 1. The van der Waals surface area contributed by atoms with Gasteiger partial charge in [-0.2, -0.15) is 0 Å². The van der Waals surface area contributed by atoms with Crippen molar-refractivity contribution in [2.45, 2.75) is 19.6 Å². The molecule has 0 radical (unpaired) electrons. The van der Waals surface area contributed by atoms with Gasteiger partial charge in [-0.05, 0) is 56.5 Å². The van der Waals surface area contributed by atoms with Gasteiger partial charge in [0.05, 0.1) is 28.3 Å². The largest absolute Gasteiger partial charge is 0.492 e. The Balaban J connectivity index is 2.56. The van der Waals surface area contributed by atoms with Gasteiger partial charge in [0, 0.05) is 27.3 Å². The molecule has 1 atom stereocenters. The van der Waals surface area contributed by atoms with Crippen molar-refractivity contribution in [1.82, 2.24) is 5.32 Å². The van der Waals surface area contributed by atoms with Gasteiger partial charge in [-0.3, -0.25) is 0 Å². The van der Waals surface area contributed by atoms with Crippen LogP contribution in [0, 0.1) is 0 Å². The van der Waals surface area contributed by atoms with E-state index in [0.717, 1.165) is 27.8 Å². The molecule has 6 heteroatoms. The third-order valence-electron chi connectivity index (χ3n) is 2.73. The van der Waals surface area contributed by atoms with Crippen LogP contribution in [-0.4, -0.2) is 40.1 Å². The average molecular weight is 411 g/mol. The van der Waals surface area contributed by atoms with Crippen molar-refractivity contribution in [3.63, 3.8) is 0 Å². The molecule has 0 spiro atoms. The number of hydrogen-bond acceptors (Lipinski definition) is 4. The summed E-state index contributed by atoms with van der Waals surface area (Å²) in [5.74, 6) is 0.838. The molecule has 0 heterocycles. The summed E-state index contributed by atoms with van der Waals surface area (Å²) in [5.41, 5.74) is 1.17. The fraction of sp³-hybridized carbons (Fsp3) is 0.571. The van der Waals surface area contributed by atoms with Crippen LogP contribution >= 0.6 is 31.9 Å². The Morgan fingerprint density at radius 1 is 1.20 bits per heavy atom. The van der Waals surface area contributed by atoms with Gasteiger partial charge in [0.25, 0.3) is 0 Å². The minimum atomic E-state index is 0.0644. The third kappa shape index (κ3) is 5.69. The Morgan fingerprint density at radius 3 is 2.35 bits per heavy atom. The van der Waals surface area contributed by atoms with Gasteiger partial charge in [0.2, 0.25) is 0 Å². The van der Waals surface area contributed by atoms with Gasteiger partial charge in [0.15, 0.2) is 0 Å². The van der Waals surface area contributed by atoms with Gasteiger partial charge in [-0.15, -0.1) is 0 Å². The summed E-state index contributed by atoms with van der Waals surface area (Å²) in [4.78, 5) is 0. The fourth-order valence-corrected chi connectivity index (χ4v) is 3.28. The smallest absolute Gasteiger partial charge is 0.147 e. The van der Waals surface area contributed by atoms with E-state index in [4.69, 9.17) is 14.2 Å². The minimum Gasteiger partial charge on any atom is -0.492 e. The Kier molecular flexibility index (Phi) is 8.72. The lowest BCUT2D eigenvalue weighted by molar-refractivity contribution is 0.0288. The molecule has 0 saturated heterocycles. The summed E-state index contributed by atoms with van der Waals surface area (Å²) in [5, 5.41) is 3.36. The van der Waals surface area contributed by atoms with E-state index in [1.165, 1.54) is 5.56 Å². The first-order valence-electron chi connectivity index (χ1n) is 6.45. The quantitative estimate of drug-likeness (QED) is 0.677. The molecule has 0 fully saturated rings. The lowest BCUT2D eigenvalue weighted by atomic mass is 10.2. The monoisotopic (exact) mass is 409 g/mol. The lowest BCUT2D eigenvalue weighted by Crippen LogP contribution is -2.31. The van der Waals surface area contributed by atoms with Crippen LogP contribution in [0.25, 0.3) is 0 Å². The second-order valence-electron chi connectivity index (χ2n) is 4.27. The Bertz CT molecular complexity index is 392. The predicted octanol–water partition coefficient (Wildman–Crippen LogP) is 3.36. The number of ether oxygens (including phenoxy) is 3. The Hall–Kier alpha value is -0.140. The zero-order valence-electron chi connectivity index (χ0n) is 12.0. The van der Waals surface area contributed by atoms with E-state index in [0.29, 0.717) is 13.2 Å². The SMILES string of the molecule is CCOc1c(Br)cc(CNCC(COC)OC)cc1Br. The third-order valence-corrected chi connectivity index (χ3v) is 3.91. The van der Waals surface area contributed by atoms with Crippen molar-refractivity contribution in [3.05, 3.63) is 26.6 Å². The van der Waals surface area contributed by atoms with E-state index in [1.807, 2.05) is 6.92 Å². The minimum absolute atomic E-state index is 0.0644. The summed E-state index contributed by atoms with van der Waals surface area (Å²) in [6, 6.07) is 4.11. The highest BCUT2D eigenvalue weighted by Crippen LogP contribution is 2.34. The van der Waals surface area contributed by atoms with Crippen LogP contribution in [0.1, 0.15) is 12.5 Å². The topological polar surface area (TPSA) is 39.7 Å². The maximum Gasteiger partial charge on any atom is 0.147 e. The number of benzene rings is 1. The van der Waals surface area contributed by atoms with Crippen LogP contribution in [0.2, 0.25) is 0 Å². The Morgan fingerprint density at radius 2 is 1.85 bits per heavy atom. The van der Waals surface area contributed by atoms with E-state index in [-0.39, 0.29) is 6.10 Å². The van der Waals surface area contributed by atoms with E-state index >= 15 is 0 Å². The molecule has 0 bridgehead atoms. The van der Waals surface area contributed by atoms with Crippen LogP contribution in [0.4, 0.5) is 0 Å². The van der Waals surface area contributed by atoms with Crippen LogP contribution in [0.5, 0.6) is 5.75 Å². The molecular weight excluding hydrogens is 390 g/mol. The fourth-order valence-electron chi connectivity index (χ4n) is 1.77. The normalized spacial score (nSPS) is 12.4. The molecule has 0 amide bonds. The summed E-state index contributed by atoms with van der Waals surface area (Å²) in [7, 11) is 3.36. The van der Waals surface area contributed by atoms with Crippen molar-refractivity contribution >= 4 is 31.9 Å². The molecule has 1 rings (SSSR count). The highest BCUT2D eigenvalue weighted by Gasteiger charge is 2.10. The van der Waals surface area contributed by atoms with Gasteiger partial charge < -0.3 is 19.5 Å². The average Bonchev–Trinajstić information content (AvgIpc) is 2.42. The summed E-state index contributed by atoms with van der Waals surface area (Å²) in [6.45, 7) is 4.69. The molecule has 1 aromatic rings. The molecule has 20 heavy (non-hydrogen) atoms. The van der Waals surface area contributed by atoms with Gasteiger partial charge >= 0.3 is 0 Å². The lowest BCUT2D eigenvalue weighted by Gasteiger charge is -2.16. The van der Waals surface area contributed by atoms with Crippen molar-refractivity contribution in [3.8, 4) is 5.75 Å². The summed E-state index contributed by atoms with van der Waals surface area (Å²) in [6.07, 6.45) is 0.0644. The first-order valence-corrected chi connectivity index (χ1v) is 8.04. The van der Waals surface area contributed by atoms with Gasteiger partial charge in [0.1, 0.15) is 5.75 Å². The first kappa shape index (κ1) is 17.9. The predicted molar refractivity (Wildman–Crippen MR) is 87.4 cm³/mol. The summed E-state index contributed by atoms with van der Waals surface area (Å²) >= 11 is 7.06. The number of rotatable bonds is 9. The molecule has 1 N–H and O–H groups in total. The number of methoxy groups -OCH3 is 2. The first-order chi connectivity index (χ1) is 9.62. The molecule has 4 nitrogen and oxygen atoms in total. The molecular formula is C14H21Br2NO3. The number of halogens is 2. The Labute approximate surface area is 137 Å². The van der Waals surface area contributed by atoms with Gasteiger partial charge in [-0.1, -0.05) is 0 Å². The van der Waals surface area contributed by atoms with Crippen LogP contribution in [-0.2, 0) is 16.0 Å². The standard InChI is InChI=1S/C14H21Br2NO3/c1-4-20-14-12(15)5-10(6-13(14)16)7-17-8-11(19-3)9-18-2/h5-6,11,17H,4,7-9H2,1-3H3. The molecule has 1 unspecified atom stereocenters. The highest BCUT2D eigenvalue weighted by molar-refractivity contribution is 9.11. The second-order valence-corrected chi connectivity index (χ2v) is 5.97. The van der Waals surface area contributed by atoms with Gasteiger partial charge in [-0.25, -0.2) is 0 Å². The molecule has 0 saturated carbocycles. The maximum absolute atomic E-state index is 5.56. The molecule has 114 valence electrons. The molecule has 0 aliphatic rings. The van der Waals surface area contributed by atoms with E-state index in [1.54, 1.807) is 14.2 Å². The molecule has 0 aliphatic heterocycles. The van der Waals surface area contributed by atoms with E-state index < -0.39 is 0 Å². The molecule has 1 aromatic carbocycles. The number of hydrogen-bond donors (Lipinski definition) is 1. The van der Waals surface area contributed by atoms with Crippen LogP contribution in [0.15, 0.2) is 21.1 Å². The van der Waals surface area contributed by atoms with E-state index in [2.05, 4.69) is 49.3 Å². The molecule has 0 aromatic heterocycles. The summed E-state index contributed by atoms with van der Waals surface area (Å²) < 4.78 is 17.8. The van der Waals surface area contributed by atoms with Crippen molar-refractivity contribution < 1.29 is 14.2 Å². The van der Waals surface area contributed by atoms with E-state index in [9.17, 15) is 0 Å².